The number of halogens is 2. The average molecular weight is 931 g/mol. The van der Waals surface area contributed by atoms with Crippen LogP contribution >= 0.6 is 0 Å². The summed E-state index contributed by atoms with van der Waals surface area (Å²) < 4.78 is 45.4. The van der Waals surface area contributed by atoms with Crippen LogP contribution in [-0.2, 0) is 44.7 Å². The summed E-state index contributed by atoms with van der Waals surface area (Å²) in [5, 5.41) is 40.8. The quantitative estimate of drug-likeness (QED) is 0.105. The third-order valence-corrected chi connectivity index (χ3v) is 14.6. The molecule has 3 fully saturated rings. The average Bonchev–Trinajstić information content (AvgIpc) is 3.77. The molecule has 0 aromatic heterocycles. The van der Waals surface area contributed by atoms with Gasteiger partial charge in [0.2, 0.25) is 17.7 Å². The maximum absolute atomic E-state index is 17.7. The molecule has 0 saturated heterocycles. The van der Waals surface area contributed by atoms with E-state index in [2.05, 4.69) is 16.0 Å². The van der Waals surface area contributed by atoms with Gasteiger partial charge in [0.25, 0.3) is 11.8 Å². The smallest absolute Gasteiger partial charge is 0.253 e. The predicted octanol–water partition coefficient (Wildman–Crippen LogP) is 3.03. The Morgan fingerprint density at radius 1 is 0.910 bits per heavy atom. The van der Waals surface area contributed by atoms with Gasteiger partial charge in [-0.25, -0.2) is 8.78 Å². The van der Waals surface area contributed by atoms with Crippen LogP contribution in [0.1, 0.15) is 76.4 Å². The molecule has 2 aromatic rings. The molecule has 3 saturated carbocycles. The van der Waals surface area contributed by atoms with E-state index >= 15 is 8.78 Å². The number of aliphatic hydroxyl groups is 3. The number of ketones is 2. The minimum Gasteiger partial charge on any atom is -0.495 e. The second kappa shape index (κ2) is 19.0. The number of benzene rings is 2. The number of amides is 5. The molecular formula is C49H56F2N4O12. The van der Waals surface area contributed by atoms with E-state index in [4.69, 9.17) is 9.47 Å². The van der Waals surface area contributed by atoms with Crippen molar-refractivity contribution in [2.45, 2.75) is 102 Å². The molecular weight excluding hydrogens is 875 g/mol. The number of fused-ring (bicyclic) bond motifs is 5. The molecule has 7 rings (SSSR count). The lowest BCUT2D eigenvalue weighted by Crippen LogP contribution is -2.68. The van der Waals surface area contributed by atoms with Gasteiger partial charge in [-0.2, -0.15) is 0 Å². The van der Waals surface area contributed by atoms with E-state index in [1.54, 1.807) is 49.4 Å². The SMILES string of the molecule is COc1cc(Cc2ccc([C@@H](O)O[C@@H]3C[C@H]4[C@@H]5C[C@H](F)C6=CC(=O)C=C[C@]6(C)[C@@]5(F)[C@@H](O)C[C@]4(C)[C@H]3C(=O)CO)cc2)ccc1NC(=O)[C@H](C)NC(=O)[C@H](C)NC(=O)CCN1C(=O)C=CC1=O. The monoisotopic (exact) mass is 930 g/mol. The fourth-order valence-corrected chi connectivity index (χ4v) is 11.1. The number of ether oxygens (including phenoxy) is 2. The molecule has 0 unspecified atom stereocenters. The molecule has 6 N–H and O–H groups in total. The fourth-order valence-electron chi connectivity index (χ4n) is 11.1. The Hall–Kier alpha value is -5.95. The number of hydrogen-bond donors (Lipinski definition) is 6. The van der Waals surface area contributed by atoms with Gasteiger partial charge in [-0.05, 0) is 98.8 Å². The molecule has 0 spiro atoms. The van der Waals surface area contributed by atoms with Crippen molar-refractivity contribution >= 4 is 46.8 Å². The van der Waals surface area contributed by atoms with Crippen LogP contribution in [0, 0.1) is 28.6 Å². The largest absolute Gasteiger partial charge is 0.495 e. The Bertz CT molecular complexity index is 2420. The van der Waals surface area contributed by atoms with Crippen LogP contribution in [0.3, 0.4) is 0 Å². The van der Waals surface area contributed by atoms with Gasteiger partial charge < -0.3 is 40.7 Å². The number of hydrogen-bond acceptors (Lipinski definition) is 12. The van der Waals surface area contributed by atoms with E-state index in [0.29, 0.717) is 23.4 Å². The third-order valence-electron chi connectivity index (χ3n) is 14.6. The number of carbonyl (C=O) groups is 7. The zero-order valence-electron chi connectivity index (χ0n) is 37.8. The van der Waals surface area contributed by atoms with E-state index < -0.39 is 119 Å². The Morgan fingerprint density at radius 3 is 2.22 bits per heavy atom. The second-order valence-electron chi connectivity index (χ2n) is 18.7. The molecule has 5 amide bonds. The summed E-state index contributed by atoms with van der Waals surface area (Å²) in [5.74, 6) is -6.36. The lowest BCUT2D eigenvalue weighted by atomic mass is 9.45. The highest BCUT2D eigenvalue weighted by Gasteiger charge is 2.73. The highest BCUT2D eigenvalue weighted by molar-refractivity contribution is 6.13. The number of carbonyl (C=O) groups excluding carboxylic acids is 7. The predicted molar refractivity (Wildman–Crippen MR) is 236 cm³/mol. The molecule has 5 aliphatic rings. The van der Waals surface area contributed by atoms with Crippen molar-refractivity contribution in [3.8, 4) is 5.75 Å². The van der Waals surface area contributed by atoms with Gasteiger partial charge in [-0.15, -0.1) is 0 Å². The number of Topliss-reactive ketones (excluding diaryl/α,β-unsaturated/α-hetero) is 1. The summed E-state index contributed by atoms with van der Waals surface area (Å²) in [4.78, 5) is 88.3. The Labute approximate surface area is 385 Å². The first-order valence-electron chi connectivity index (χ1n) is 22.3. The van der Waals surface area contributed by atoms with E-state index in [1.807, 2.05) is 0 Å². The van der Waals surface area contributed by atoms with Crippen LogP contribution < -0.4 is 20.7 Å². The molecule has 0 radical (unpaired) electrons. The minimum atomic E-state index is -2.37. The van der Waals surface area contributed by atoms with Crippen molar-refractivity contribution in [2.75, 3.05) is 25.6 Å². The number of anilines is 1. The Morgan fingerprint density at radius 2 is 1.57 bits per heavy atom. The van der Waals surface area contributed by atoms with Crippen molar-refractivity contribution in [1.82, 2.24) is 15.5 Å². The maximum Gasteiger partial charge on any atom is 0.253 e. The third kappa shape index (κ3) is 9.11. The van der Waals surface area contributed by atoms with Gasteiger partial charge in [-0.3, -0.25) is 38.5 Å². The van der Waals surface area contributed by atoms with Crippen LogP contribution in [0.15, 0.2) is 78.4 Å². The number of nitrogens with zero attached hydrogens (tertiary/aromatic N) is 1. The van der Waals surface area contributed by atoms with Crippen molar-refractivity contribution in [1.29, 1.82) is 0 Å². The number of imide groups is 1. The first-order valence-corrected chi connectivity index (χ1v) is 22.3. The number of alkyl halides is 2. The van der Waals surface area contributed by atoms with Crippen LogP contribution in [-0.4, -0.2) is 118 Å². The molecule has 12 atom stereocenters. The van der Waals surface area contributed by atoms with Crippen LogP contribution in [0.25, 0.3) is 0 Å². The number of allylic oxidation sites excluding steroid dienone is 4. The number of methoxy groups -OCH3 is 1. The summed E-state index contributed by atoms with van der Waals surface area (Å²) >= 11 is 0. The second-order valence-corrected chi connectivity index (χ2v) is 18.7. The minimum absolute atomic E-state index is 0.0211. The molecule has 18 heteroatoms. The molecule has 67 heavy (non-hydrogen) atoms. The normalized spacial score (nSPS) is 30.9. The van der Waals surface area contributed by atoms with E-state index in [0.717, 1.165) is 34.3 Å². The Balaban J connectivity index is 0.955. The zero-order valence-corrected chi connectivity index (χ0v) is 37.8. The molecule has 2 aromatic carbocycles. The maximum atomic E-state index is 17.7. The summed E-state index contributed by atoms with van der Waals surface area (Å²) in [6, 6.07) is 9.91. The molecule has 1 aliphatic heterocycles. The van der Waals surface area contributed by atoms with E-state index in [1.165, 1.54) is 40.0 Å². The summed E-state index contributed by atoms with van der Waals surface area (Å²) in [6.07, 6.45) is -0.288. The van der Waals surface area contributed by atoms with Crippen LogP contribution in [0.4, 0.5) is 14.5 Å². The zero-order chi connectivity index (χ0) is 48.7. The van der Waals surface area contributed by atoms with Gasteiger partial charge in [0.15, 0.2) is 23.5 Å². The van der Waals surface area contributed by atoms with Crippen molar-refractivity contribution in [3.05, 3.63) is 95.1 Å². The van der Waals surface area contributed by atoms with Crippen LogP contribution in [0.2, 0.25) is 0 Å². The number of rotatable bonds is 16. The first kappa shape index (κ1) is 49.0. The number of aliphatic hydroxyl groups excluding tert-OH is 3. The van der Waals surface area contributed by atoms with Crippen molar-refractivity contribution < 1.29 is 67.1 Å². The van der Waals surface area contributed by atoms with Gasteiger partial charge in [0.1, 0.15) is 30.6 Å². The lowest BCUT2D eigenvalue weighted by Gasteiger charge is -2.62. The molecule has 1 heterocycles. The summed E-state index contributed by atoms with van der Waals surface area (Å²) in [6.45, 7) is 5.10. The molecule has 0 bridgehead atoms. The molecule has 358 valence electrons. The van der Waals surface area contributed by atoms with E-state index in [-0.39, 0.29) is 37.8 Å². The summed E-state index contributed by atoms with van der Waals surface area (Å²) in [7, 11) is 1.43. The number of nitrogens with one attached hydrogen (secondary N) is 3. The van der Waals surface area contributed by atoms with E-state index in [9.17, 15) is 48.9 Å². The molecule has 16 nitrogen and oxygen atoms in total. The Kier molecular flexibility index (Phi) is 13.9. The summed E-state index contributed by atoms with van der Waals surface area (Å²) in [5.41, 5.74) is -2.84. The fraction of sp³-hybridized carbons (Fsp3) is 0.490. The van der Waals surface area contributed by atoms with Gasteiger partial charge >= 0.3 is 0 Å². The van der Waals surface area contributed by atoms with Gasteiger partial charge in [-0.1, -0.05) is 43.3 Å². The highest BCUT2D eigenvalue weighted by atomic mass is 19.1. The topological polar surface area (TPSA) is 238 Å². The first-order chi connectivity index (χ1) is 31.6. The molecule has 4 aliphatic carbocycles. The highest BCUT2D eigenvalue weighted by Crippen LogP contribution is 2.69. The van der Waals surface area contributed by atoms with Gasteiger partial charge in [0.05, 0.1) is 30.9 Å². The van der Waals surface area contributed by atoms with Crippen LogP contribution in [0.5, 0.6) is 5.75 Å². The lowest BCUT2D eigenvalue weighted by molar-refractivity contribution is -0.203. The van der Waals surface area contributed by atoms with Gasteiger partial charge in [0, 0.05) is 42.0 Å². The van der Waals surface area contributed by atoms with Crippen molar-refractivity contribution in [3.63, 3.8) is 0 Å². The standard InChI is InChI=1S/C49H56F2N4O12/c1-25(52-40(60)15-17-55-41(61)12-13-42(55)62)44(63)53-26(2)45(64)54-35-11-8-28(19-37(35)66-5)18-27-6-9-29(10-7-27)46(65)67-38-22-31-32-21-34(50)33-20-30(57)14-16-48(33,4)49(32,51)39(59)23-47(31,3)43(38)36(58)24-56/h6-14,16,19-20,25-26,31-32,34,38-39,43,46,56,59,65H,15,17-18,21-24H2,1-5H3,(H,52,60)(H,53,63)(H,54,64)/t25-,26-,31-,32-,34-,38+,39-,43-,46-,47-,48-,49-/m0/s1. The van der Waals surface area contributed by atoms with Crippen molar-refractivity contribution in [2.24, 2.45) is 28.6 Å².